The Kier molecular flexibility index (Phi) is 6.25. The predicted octanol–water partition coefficient (Wildman–Crippen LogP) is 2.02. The minimum atomic E-state index is -1.84. The van der Waals surface area contributed by atoms with Crippen LogP contribution in [0.15, 0.2) is 47.0 Å². The number of fused-ring (bicyclic) bond motifs is 1. The zero-order chi connectivity index (χ0) is 22.9. The highest BCUT2D eigenvalue weighted by molar-refractivity contribution is 6.12. The van der Waals surface area contributed by atoms with Gasteiger partial charge in [-0.2, -0.15) is 0 Å². The molecule has 0 bridgehead atoms. The molecule has 9 nitrogen and oxygen atoms in total. The third-order valence-corrected chi connectivity index (χ3v) is 5.41. The average Bonchev–Trinajstić information content (AvgIpc) is 2.86. The molecule has 2 aliphatic rings. The minimum absolute atomic E-state index is 0.0736. The van der Waals surface area contributed by atoms with Gasteiger partial charge < -0.3 is 25.4 Å². The van der Waals surface area contributed by atoms with E-state index in [0.29, 0.717) is 12.5 Å². The van der Waals surface area contributed by atoms with Crippen LogP contribution in [0.4, 0.5) is 0 Å². The molecule has 0 saturated carbocycles. The zero-order valence-electron chi connectivity index (χ0n) is 17.2. The van der Waals surface area contributed by atoms with Gasteiger partial charge in [0.25, 0.3) is 0 Å². The summed E-state index contributed by atoms with van der Waals surface area (Å²) in [5.74, 6) is -5.84. The molecule has 4 N–H and O–H groups in total. The van der Waals surface area contributed by atoms with Crippen LogP contribution in [-0.2, 0) is 23.9 Å². The lowest BCUT2D eigenvalue weighted by Gasteiger charge is -2.39. The number of esters is 1. The van der Waals surface area contributed by atoms with Gasteiger partial charge in [0.05, 0.1) is 5.92 Å². The predicted molar refractivity (Wildman–Crippen MR) is 105 cm³/mol. The number of carbonyl (C=O) groups is 4. The van der Waals surface area contributed by atoms with Crippen LogP contribution in [0, 0.1) is 5.92 Å². The van der Waals surface area contributed by atoms with E-state index in [9.17, 15) is 29.4 Å². The second kappa shape index (κ2) is 8.17. The summed E-state index contributed by atoms with van der Waals surface area (Å²) in [5.41, 5.74) is -3.75. The third-order valence-electron chi connectivity index (χ3n) is 5.41. The first-order valence-electron chi connectivity index (χ1n) is 9.34. The largest absolute Gasteiger partial charge is 0.512 e. The minimum Gasteiger partial charge on any atom is -0.512 e. The van der Waals surface area contributed by atoms with Crippen LogP contribution >= 0.6 is 0 Å². The number of nitrogens with one attached hydrogen (secondary N) is 1. The zero-order valence-corrected chi connectivity index (χ0v) is 17.2. The van der Waals surface area contributed by atoms with Crippen LogP contribution in [0.5, 0.6) is 0 Å². The highest BCUT2D eigenvalue weighted by Gasteiger charge is 2.68. The van der Waals surface area contributed by atoms with E-state index in [0.717, 1.165) is 6.08 Å². The maximum Gasteiger partial charge on any atom is 0.333 e. The molecule has 162 valence electrons. The van der Waals surface area contributed by atoms with Crippen LogP contribution in [0.2, 0.25) is 0 Å². The van der Waals surface area contributed by atoms with Gasteiger partial charge in [0.15, 0.2) is 11.4 Å². The molecule has 0 aromatic carbocycles. The summed E-state index contributed by atoms with van der Waals surface area (Å²) in [5, 5.41) is 32.4. The van der Waals surface area contributed by atoms with Crippen molar-refractivity contribution in [2.45, 2.75) is 51.7 Å². The Balaban J connectivity index is 2.63. The molecule has 9 heteroatoms. The molecule has 1 amide bonds. The van der Waals surface area contributed by atoms with Crippen LogP contribution in [0.1, 0.15) is 40.5 Å². The van der Waals surface area contributed by atoms with Crippen LogP contribution in [0.25, 0.3) is 0 Å². The van der Waals surface area contributed by atoms with Crippen LogP contribution < -0.4 is 5.32 Å². The Morgan fingerprint density at radius 2 is 1.83 bits per heavy atom. The summed E-state index contributed by atoms with van der Waals surface area (Å²) in [7, 11) is 0. The number of aliphatic hydroxyl groups excluding tert-OH is 2. The lowest BCUT2D eigenvalue weighted by molar-refractivity contribution is -0.151. The molecule has 1 saturated heterocycles. The molecule has 0 aromatic rings. The van der Waals surface area contributed by atoms with E-state index in [1.807, 2.05) is 0 Å². The Morgan fingerprint density at radius 3 is 2.40 bits per heavy atom. The summed E-state index contributed by atoms with van der Waals surface area (Å²) >= 11 is 0. The SMILES string of the molecule is C/C=C/CC/C(O)=C1/C(=O)C(C)=C(O)[C@@]2(C)OC(=O)[C@@](C)(NC(=O)/C=C/C(=O)O)[C@@H]12. The van der Waals surface area contributed by atoms with Crippen molar-refractivity contribution >= 4 is 23.6 Å². The van der Waals surface area contributed by atoms with Gasteiger partial charge in [0.1, 0.15) is 17.1 Å². The van der Waals surface area contributed by atoms with Gasteiger partial charge in [-0.05, 0) is 34.1 Å². The number of amides is 1. The Morgan fingerprint density at radius 1 is 1.20 bits per heavy atom. The van der Waals surface area contributed by atoms with Crippen molar-refractivity contribution in [3.05, 3.63) is 47.0 Å². The standard InChI is InChI=1S/C21H25NO8/c1-5-6-7-8-12(23)15-16(27)11(2)18(28)21(4)17(15)20(3,19(29)30-21)22-13(24)9-10-14(25)26/h5-6,9-10,17,23,28H,7-8H2,1-4H3,(H,22,24)(H,25,26)/b6-5+,10-9+,15-12+/t17-,20+,21+/m1/s1. The molecule has 1 aliphatic heterocycles. The fourth-order valence-corrected chi connectivity index (χ4v) is 3.98. The molecule has 3 atom stereocenters. The number of carboxylic acids is 1. The monoisotopic (exact) mass is 419 g/mol. The highest BCUT2D eigenvalue weighted by atomic mass is 16.6. The van der Waals surface area contributed by atoms with Gasteiger partial charge in [-0.25, -0.2) is 9.59 Å². The topological polar surface area (TPSA) is 150 Å². The van der Waals surface area contributed by atoms with Gasteiger partial charge in [-0.3, -0.25) is 9.59 Å². The first-order valence-corrected chi connectivity index (χ1v) is 9.34. The maximum atomic E-state index is 13.0. The molecular weight excluding hydrogens is 394 g/mol. The quantitative estimate of drug-likeness (QED) is 0.221. The Labute approximate surface area is 173 Å². The van der Waals surface area contributed by atoms with Gasteiger partial charge >= 0.3 is 11.9 Å². The molecule has 0 radical (unpaired) electrons. The number of rotatable bonds is 6. The van der Waals surface area contributed by atoms with Gasteiger partial charge in [-0.1, -0.05) is 12.2 Å². The molecule has 0 spiro atoms. The maximum absolute atomic E-state index is 13.0. The van der Waals surface area contributed by atoms with Crippen molar-refractivity contribution in [1.29, 1.82) is 0 Å². The Hall–Kier alpha value is -3.36. The normalized spacial score (nSPS) is 30.6. The molecule has 1 heterocycles. The summed E-state index contributed by atoms with van der Waals surface area (Å²) in [6, 6.07) is 0. The van der Waals surface area contributed by atoms with Gasteiger partial charge in [-0.15, -0.1) is 0 Å². The van der Waals surface area contributed by atoms with Crippen molar-refractivity contribution in [3.8, 4) is 0 Å². The first-order chi connectivity index (χ1) is 13.9. The lowest BCUT2D eigenvalue weighted by atomic mass is 9.65. The highest BCUT2D eigenvalue weighted by Crippen LogP contribution is 2.52. The Bertz CT molecular complexity index is 925. The van der Waals surface area contributed by atoms with Crippen molar-refractivity contribution in [2.75, 3.05) is 0 Å². The summed E-state index contributed by atoms with van der Waals surface area (Å²) < 4.78 is 5.42. The number of hydrogen-bond donors (Lipinski definition) is 4. The average molecular weight is 419 g/mol. The number of ether oxygens (including phenoxy) is 1. The summed E-state index contributed by atoms with van der Waals surface area (Å²) in [6.07, 6.45) is 5.41. The molecule has 30 heavy (non-hydrogen) atoms. The van der Waals surface area contributed by atoms with E-state index in [1.54, 1.807) is 19.1 Å². The van der Waals surface area contributed by atoms with E-state index < -0.39 is 46.4 Å². The number of aliphatic carboxylic acids is 1. The summed E-state index contributed by atoms with van der Waals surface area (Å²) in [4.78, 5) is 48.7. The van der Waals surface area contributed by atoms with Crippen LogP contribution in [-0.4, -0.2) is 50.1 Å². The molecular formula is C21H25NO8. The lowest BCUT2D eigenvalue weighted by Crippen LogP contribution is -2.58. The summed E-state index contributed by atoms with van der Waals surface area (Å²) in [6.45, 7) is 5.86. The van der Waals surface area contributed by atoms with E-state index >= 15 is 0 Å². The molecule has 0 aromatic heterocycles. The fraction of sp³-hybridized carbons (Fsp3) is 0.429. The fourth-order valence-electron chi connectivity index (χ4n) is 3.98. The van der Waals surface area contributed by atoms with Crippen LogP contribution in [0.3, 0.4) is 0 Å². The van der Waals surface area contributed by atoms with E-state index in [1.165, 1.54) is 20.8 Å². The molecule has 1 fully saturated rings. The number of allylic oxidation sites excluding steroid dienone is 4. The van der Waals surface area contributed by atoms with E-state index in [-0.39, 0.29) is 23.3 Å². The van der Waals surface area contributed by atoms with Gasteiger partial charge in [0.2, 0.25) is 5.91 Å². The van der Waals surface area contributed by atoms with Crippen molar-refractivity contribution in [1.82, 2.24) is 5.32 Å². The van der Waals surface area contributed by atoms with E-state index in [4.69, 9.17) is 9.84 Å². The van der Waals surface area contributed by atoms with Crippen molar-refractivity contribution in [3.63, 3.8) is 0 Å². The number of carbonyl (C=O) groups excluding carboxylic acids is 3. The first kappa shape index (κ1) is 22.9. The number of Topliss-reactive ketones (excluding diaryl/α,β-unsaturated/α-hetero) is 1. The number of ketones is 1. The molecule has 1 aliphatic carbocycles. The molecule has 0 unspecified atom stereocenters. The van der Waals surface area contributed by atoms with E-state index in [2.05, 4.69) is 5.32 Å². The second-order valence-corrected chi connectivity index (χ2v) is 7.56. The van der Waals surface area contributed by atoms with Gasteiger partial charge in [0, 0.05) is 29.7 Å². The van der Waals surface area contributed by atoms with Crippen molar-refractivity contribution in [2.24, 2.45) is 5.92 Å². The third kappa shape index (κ3) is 3.74. The number of hydrogen-bond acceptors (Lipinski definition) is 7. The smallest absolute Gasteiger partial charge is 0.333 e. The number of aliphatic hydroxyl groups is 2. The number of carboxylic acid groups (broad SMARTS) is 1. The van der Waals surface area contributed by atoms with Crippen molar-refractivity contribution < 1.29 is 39.2 Å². The second-order valence-electron chi connectivity index (χ2n) is 7.56. The molecule has 2 rings (SSSR count).